The Balaban J connectivity index is 1.53. The fourth-order valence-corrected chi connectivity index (χ4v) is 3.09. The summed E-state index contributed by atoms with van der Waals surface area (Å²) < 4.78 is 5.71. The summed E-state index contributed by atoms with van der Waals surface area (Å²) in [5, 5.41) is 0. The van der Waals surface area contributed by atoms with Gasteiger partial charge in [-0.2, -0.15) is 0 Å². The van der Waals surface area contributed by atoms with Gasteiger partial charge in [0.1, 0.15) is 6.10 Å². The lowest BCUT2D eigenvalue weighted by molar-refractivity contribution is -0.143. The molecule has 2 heterocycles. The Bertz CT molecular complexity index is 472. The highest BCUT2D eigenvalue weighted by Crippen LogP contribution is 2.22. The highest BCUT2D eigenvalue weighted by Gasteiger charge is 2.34. The summed E-state index contributed by atoms with van der Waals surface area (Å²) in [6.07, 6.45) is 1.49. The molecule has 0 saturated carbocycles. The maximum Gasteiger partial charge on any atom is 0.251 e. The number of anilines is 1. The first kappa shape index (κ1) is 14.4. The molecule has 1 amide bonds. The van der Waals surface area contributed by atoms with Crippen LogP contribution in [0.15, 0.2) is 30.3 Å². The van der Waals surface area contributed by atoms with Gasteiger partial charge in [0, 0.05) is 38.4 Å². The van der Waals surface area contributed by atoms with Gasteiger partial charge in [0.2, 0.25) is 0 Å². The molecule has 3 rings (SSSR count). The number of amides is 1. The van der Waals surface area contributed by atoms with Gasteiger partial charge in [-0.1, -0.05) is 18.2 Å². The number of hydrogen-bond donors (Lipinski definition) is 1. The number of nitrogens with two attached hydrogens (primary N) is 1. The lowest BCUT2D eigenvalue weighted by atomic mass is 10.1. The highest BCUT2D eigenvalue weighted by molar-refractivity contribution is 5.81. The maximum atomic E-state index is 12.4. The molecule has 2 aliphatic rings. The molecule has 0 bridgehead atoms. The zero-order chi connectivity index (χ0) is 14.7. The number of carbonyl (C=O) groups excluding carboxylic acids is 1. The van der Waals surface area contributed by atoms with Crippen LogP contribution in [0.1, 0.15) is 12.8 Å². The minimum Gasteiger partial charge on any atom is -0.368 e. The SMILES string of the molecule is NCC1CCC(C(=O)N2CCN(c3ccccc3)CC2)O1. The summed E-state index contributed by atoms with van der Waals surface area (Å²) >= 11 is 0. The number of para-hydroxylation sites is 1. The Morgan fingerprint density at radius 1 is 1.14 bits per heavy atom. The zero-order valence-corrected chi connectivity index (χ0v) is 12.3. The second-order valence-electron chi connectivity index (χ2n) is 5.71. The monoisotopic (exact) mass is 289 g/mol. The first-order chi connectivity index (χ1) is 10.3. The van der Waals surface area contributed by atoms with E-state index >= 15 is 0 Å². The van der Waals surface area contributed by atoms with Crippen LogP contribution in [0.4, 0.5) is 5.69 Å². The molecule has 0 radical (unpaired) electrons. The molecule has 2 saturated heterocycles. The summed E-state index contributed by atoms with van der Waals surface area (Å²) in [6.45, 7) is 3.79. The second kappa shape index (κ2) is 6.45. The van der Waals surface area contributed by atoms with E-state index < -0.39 is 0 Å². The quantitative estimate of drug-likeness (QED) is 0.896. The largest absolute Gasteiger partial charge is 0.368 e. The normalized spacial score (nSPS) is 26.1. The number of rotatable bonds is 3. The molecule has 5 heteroatoms. The summed E-state index contributed by atoms with van der Waals surface area (Å²) in [6, 6.07) is 10.3. The highest BCUT2D eigenvalue weighted by atomic mass is 16.5. The van der Waals surface area contributed by atoms with Crippen molar-refractivity contribution in [1.29, 1.82) is 0 Å². The average Bonchev–Trinajstić information content (AvgIpc) is 3.04. The number of benzene rings is 1. The molecule has 0 aromatic heterocycles. The third-order valence-electron chi connectivity index (χ3n) is 4.36. The van der Waals surface area contributed by atoms with Crippen LogP contribution in [0.2, 0.25) is 0 Å². The van der Waals surface area contributed by atoms with Crippen molar-refractivity contribution in [2.45, 2.75) is 25.0 Å². The summed E-state index contributed by atoms with van der Waals surface area (Å²) in [4.78, 5) is 16.7. The van der Waals surface area contributed by atoms with Crippen molar-refractivity contribution >= 4 is 11.6 Å². The molecule has 1 aromatic rings. The molecule has 2 aliphatic heterocycles. The molecule has 1 aromatic carbocycles. The molecular weight excluding hydrogens is 266 g/mol. The van der Waals surface area contributed by atoms with Crippen molar-refractivity contribution in [2.24, 2.45) is 5.73 Å². The van der Waals surface area contributed by atoms with Gasteiger partial charge in [-0.15, -0.1) is 0 Å². The Morgan fingerprint density at radius 3 is 2.48 bits per heavy atom. The van der Waals surface area contributed by atoms with Crippen molar-refractivity contribution in [3.63, 3.8) is 0 Å². The smallest absolute Gasteiger partial charge is 0.251 e. The van der Waals surface area contributed by atoms with E-state index in [0.29, 0.717) is 6.54 Å². The van der Waals surface area contributed by atoms with E-state index in [1.807, 2.05) is 23.1 Å². The Kier molecular flexibility index (Phi) is 4.41. The van der Waals surface area contributed by atoms with Gasteiger partial charge in [0.05, 0.1) is 6.10 Å². The number of piperazine rings is 1. The van der Waals surface area contributed by atoms with E-state index in [4.69, 9.17) is 10.5 Å². The first-order valence-corrected chi connectivity index (χ1v) is 7.72. The van der Waals surface area contributed by atoms with Gasteiger partial charge in [0.15, 0.2) is 0 Å². The van der Waals surface area contributed by atoms with Crippen LogP contribution in [0.5, 0.6) is 0 Å². The summed E-state index contributed by atoms with van der Waals surface area (Å²) in [5.41, 5.74) is 6.83. The van der Waals surface area contributed by atoms with Crippen LogP contribution < -0.4 is 10.6 Å². The van der Waals surface area contributed by atoms with Crippen molar-refractivity contribution in [3.05, 3.63) is 30.3 Å². The minimum atomic E-state index is -0.276. The van der Waals surface area contributed by atoms with E-state index in [-0.39, 0.29) is 18.1 Å². The molecule has 5 nitrogen and oxygen atoms in total. The van der Waals surface area contributed by atoms with Crippen LogP contribution in [-0.2, 0) is 9.53 Å². The van der Waals surface area contributed by atoms with E-state index in [2.05, 4.69) is 17.0 Å². The second-order valence-corrected chi connectivity index (χ2v) is 5.71. The lowest BCUT2D eigenvalue weighted by Crippen LogP contribution is -2.51. The van der Waals surface area contributed by atoms with E-state index in [9.17, 15) is 4.79 Å². The summed E-state index contributed by atoms with van der Waals surface area (Å²) in [7, 11) is 0. The van der Waals surface area contributed by atoms with Crippen LogP contribution >= 0.6 is 0 Å². The van der Waals surface area contributed by atoms with Gasteiger partial charge in [0.25, 0.3) is 5.91 Å². The average molecular weight is 289 g/mol. The number of hydrogen-bond acceptors (Lipinski definition) is 4. The molecule has 0 spiro atoms. The minimum absolute atomic E-state index is 0.0598. The predicted molar refractivity (Wildman–Crippen MR) is 82.2 cm³/mol. The van der Waals surface area contributed by atoms with Gasteiger partial charge in [-0.3, -0.25) is 4.79 Å². The van der Waals surface area contributed by atoms with Crippen LogP contribution in [0.25, 0.3) is 0 Å². The third kappa shape index (κ3) is 3.19. The molecule has 114 valence electrons. The molecule has 2 N–H and O–H groups in total. The van der Waals surface area contributed by atoms with Crippen molar-refractivity contribution in [1.82, 2.24) is 4.90 Å². The lowest BCUT2D eigenvalue weighted by Gasteiger charge is -2.37. The van der Waals surface area contributed by atoms with E-state index in [0.717, 1.165) is 39.0 Å². The van der Waals surface area contributed by atoms with Gasteiger partial charge in [-0.25, -0.2) is 0 Å². The maximum absolute atomic E-state index is 12.4. The van der Waals surface area contributed by atoms with Crippen LogP contribution in [0.3, 0.4) is 0 Å². The topological polar surface area (TPSA) is 58.8 Å². The standard InChI is InChI=1S/C16H23N3O2/c17-12-14-6-7-15(21-14)16(20)19-10-8-18(9-11-19)13-4-2-1-3-5-13/h1-5,14-15H,6-12,17H2. The molecule has 2 fully saturated rings. The number of nitrogens with zero attached hydrogens (tertiary/aromatic N) is 2. The Morgan fingerprint density at radius 2 is 1.86 bits per heavy atom. The van der Waals surface area contributed by atoms with E-state index in [1.54, 1.807) is 0 Å². The van der Waals surface area contributed by atoms with Crippen molar-refractivity contribution in [3.8, 4) is 0 Å². The number of ether oxygens (including phenoxy) is 1. The fraction of sp³-hybridized carbons (Fsp3) is 0.562. The number of carbonyl (C=O) groups is 1. The molecule has 2 unspecified atom stereocenters. The fourth-order valence-electron chi connectivity index (χ4n) is 3.09. The summed E-state index contributed by atoms with van der Waals surface area (Å²) in [5.74, 6) is 0.138. The molecular formula is C16H23N3O2. The Hall–Kier alpha value is -1.59. The molecule has 2 atom stereocenters. The van der Waals surface area contributed by atoms with Crippen molar-refractivity contribution < 1.29 is 9.53 Å². The predicted octanol–water partition coefficient (Wildman–Crippen LogP) is 0.841. The first-order valence-electron chi connectivity index (χ1n) is 7.72. The van der Waals surface area contributed by atoms with Gasteiger partial charge < -0.3 is 20.3 Å². The van der Waals surface area contributed by atoms with E-state index in [1.165, 1.54) is 5.69 Å². The van der Waals surface area contributed by atoms with Gasteiger partial charge in [-0.05, 0) is 25.0 Å². The third-order valence-corrected chi connectivity index (χ3v) is 4.36. The van der Waals surface area contributed by atoms with Crippen LogP contribution in [0, 0.1) is 0 Å². The Labute approximate surface area is 125 Å². The molecule has 0 aliphatic carbocycles. The molecule has 21 heavy (non-hydrogen) atoms. The van der Waals surface area contributed by atoms with Crippen LogP contribution in [-0.4, -0.2) is 55.7 Å². The van der Waals surface area contributed by atoms with Gasteiger partial charge >= 0.3 is 0 Å². The van der Waals surface area contributed by atoms with Crippen molar-refractivity contribution in [2.75, 3.05) is 37.6 Å². The zero-order valence-electron chi connectivity index (χ0n) is 12.3.